The van der Waals surface area contributed by atoms with Crippen LogP contribution in [0.2, 0.25) is 5.02 Å². The van der Waals surface area contributed by atoms with Gasteiger partial charge in [0, 0.05) is 28.6 Å². The lowest BCUT2D eigenvalue weighted by atomic mass is 9.91. The molecule has 1 aromatic rings. The molecule has 0 aliphatic carbocycles. The van der Waals surface area contributed by atoms with Crippen LogP contribution in [0.15, 0.2) is 78.5 Å². The van der Waals surface area contributed by atoms with Crippen molar-refractivity contribution in [1.82, 2.24) is 9.80 Å². The fourth-order valence-corrected chi connectivity index (χ4v) is 3.59. The normalized spacial score (nSPS) is 20.5. The number of hydrogen-bond donors (Lipinski definition) is 1. The number of nitrogens with two attached hydrogens (primary N) is 1. The molecule has 31 heavy (non-hydrogen) atoms. The van der Waals surface area contributed by atoms with E-state index in [4.69, 9.17) is 28.9 Å². The van der Waals surface area contributed by atoms with Gasteiger partial charge in [0.05, 0.1) is 12.1 Å². The number of benzene rings is 1. The molecule has 0 spiro atoms. The quantitative estimate of drug-likeness (QED) is 0.379. The Bertz CT molecular complexity index is 748. The van der Waals surface area contributed by atoms with Gasteiger partial charge in [0.1, 0.15) is 6.29 Å². The van der Waals surface area contributed by atoms with Crippen LogP contribution < -0.4 is 5.73 Å². The molecule has 2 rings (SSSR count). The smallest absolute Gasteiger partial charge is 0.124 e. The molecule has 1 aromatic carbocycles. The lowest BCUT2D eigenvalue weighted by Gasteiger charge is -2.38. The Morgan fingerprint density at radius 1 is 1.35 bits per heavy atom. The highest BCUT2D eigenvalue weighted by Gasteiger charge is 2.37. The fourth-order valence-electron chi connectivity index (χ4n) is 3.38. The Morgan fingerprint density at radius 2 is 2.03 bits per heavy atom. The summed E-state index contributed by atoms with van der Waals surface area (Å²) in [5.41, 5.74) is 6.41. The van der Waals surface area contributed by atoms with E-state index in [1.165, 1.54) is 0 Å². The van der Waals surface area contributed by atoms with Crippen LogP contribution in [0.25, 0.3) is 0 Å². The van der Waals surface area contributed by atoms with Crippen LogP contribution in [0.3, 0.4) is 0 Å². The first-order valence-electron chi connectivity index (χ1n) is 10.6. The van der Waals surface area contributed by atoms with Crippen molar-refractivity contribution in [3.05, 3.63) is 83.5 Å². The second-order valence-electron chi connectivity index (χ2n) is 7.55. The molecule has 0 bridgehead atoms. The topological polar surface area (TPSA) is 49.6 Å². The van der Waals surface area contributed by atoms with Crippen molar-refractivity contribution in [2.45, 2.75) is 38.4 Å². The summed E-state index contributed by atoms with van der Waals surface area (Å²) in [4.78, 5) is 15.7. The van der Waals surface area contributed by atoms with Gasteiger partial charge in [-0.15, -0.1) is 0 Å². The van der Waals surface area contributed by atoms with Crippen LogP contribution in [0.1, 0.15) is 20.3 Å². The molecule has 0 radical (unpaired) electrons. The zero-order valence-corrected chi connectivity index (χ0v) is 20.2. The maximum absolute atomic E-state index is 11.2. The van der Waals surface area contributed by atoms with Gasteiger partial charge in [0.15, 0.2) is 0 Å². The highest BCUT2D eigenvalue weighted by atomic mass is 35.5. The van der Waals surface area contributed by atoms with E-state index in [2.05, 4.69) is 42.6 Å². The molecule has 0 fully saturated rings. The summed E-state index contributed by atoms with van der Waals surface area (Å²) in [6, 6.07) is 9.51. The van der Waals surface area contributed by atoms with Crippen LogP contribution in [-0.2, 0) is 4.79 Å². The number of aldehydes is 1. The van der Waals surface area contributed by atoms with Gasteiger partial charge in [-0.25, -0.2) is 0 Å². The van der Waals surface area contributed by atoms with E-state index in [9.17, 15) is 4.79 Å². The minimum atomic E-state index is -0.220. The maximum Gasteiger partial charge on any atom is 0.124 e. The van der Waals surface area contributed by atoms with Crippen molar-refractivity contribution in [3.63, 3.8) is 0 Å². The Kier molecular flexibility index (Phi) is 13.2. The summed E-state index contributed by atoms with van der Waals surface area (Å²) < 4.78 is 0. The first kappa shape index (κ1) is 27.2. The summed E-state index contributed by atoms with van der Waals surface area (Å²) in [5.74, 6) is -0.186. The van der Waals surface area contributed by atoms with E-state index >= 15 is 0 Å². The lowest BCUT2D eigenvalue weighted by molar-refractivity contribution is -0.111. The second kappa shape index (κ2) is 15.0. The highest BCUT2D eigenvalue weighted by molar-refractivity contribution is 6.31. The van der Waals surface area contributed by atoms with Crippen molar-refractivity contribution >= 4 is 29.5 Å². The van der Waals surface area contributed by atoms with Crippen LogP contribution in [-0.4, -0.2) is 54.3 Å². The predicted molar refractivity (Wildman–Crippen MR) is 134 cm³/mol. The van der Waals surface area contributed by atoms with Gasteiger partial charge in [-0.05, 0) is 50.5 Å². The third kappa shape index (κ3) is 9.44. The molecule has 1 heterocycles. The largest absolute Gasteiger partial charge is 0.368 e. The Labute approximate surface area is 197 Å². The number of allylic oxidation sites excluding steroid dienone is 4. The number of nitrogens with zero attached hydrogens (tertiary/aromatic N) is 2. The van der Waals surface area contributed by atoms with Gasteiger partial charge in [-0.1, -0.05) is 80.1 Å². The van der Waals surface area contributed by atoms with E-state index in [1.54, 1.807) is 12.2 Å². The highest BCUT2D eigenvalue weighted by Crippen LogP contribution is 2.24. The predicted octanol–water partition coefficient (Wildman–Crippen LogP) is 5.26. The molecule has 4 unspecified atom stereocenters. The van der Waals surface area contributed by atoms with Crippen LogP contribution in [0.4, 0.5) is 0 Å². The van der Waals surface area contributed by atoms with E-state index in [-0.39, 0.29) is 24.0 Å². The van der Waals surface area contributed by atoms with Crippen LogP contribution >= 0.6 is 23.2 Å². The monoisotopic (exact) mass is 463 g/mol. The summed E-state index contributed by atoms with van der Waals surface area (Å²) >= 11 is 11.4. The van der Waals surface area contributed by atoms with Crippen LogP contribution in [0.5, 0.6) is 0 Å². The summed E-state index contributed by atoms with van der Waals surface area (Å²) in [7, 11) is 2.11. The molecule has 0 saturated carbocycles. The van der Waals surface area contributed by atoms with Gasteiger partial charge in [0.2, 0.25) is 0 Å². The lowest BCUT2D eigenvalue weighted by Crippen LogP contribution is -2.56. The number of rotatable bonds is 10. The standard InChI is InChI=1S/C19H30ClN3O.C6H5Cl/c1-5-11-22(4)17-10-13-23(12-8-7-9-16(20)6-2)19(17)18(21)15(3)14-24;7-6-4-2-1-3-5-6/h6-10,13-15,17-19H,2,5,11-12,21H2,1,3-4H3;1-5H/b8-7+,16-9+;. The van der Waals surface area contributed by atoms with Crippen molar-refractivity contribution in [3.8, 4) is 0 Å². The Balaban J connectivity index is 0.000000577. The maximum atomic E-state index is 11.2. The van der Waals surface area contributed by atoms with E-state index in [0.29, 0.717) is 11.6 Å². The summed E-state index contributed by atoms with van der Waals surface area (Å²) in [6.45, 7) is 9.37. The average molecular weight is 464 g/mol. The summed E-state index contributed by atoms with van der Waals surface area (Å²) in [5, 5.41) is 1.40. The van der Waals surface area contributed by atoms with Crippen molar-refractivity contribution in [1.29, 1.82) is 0 Å². The minimum Gasteiger partial charge on any atom is -0.368 e. The molecule has 4 atom stereocenters. The van der Waals surface area contributed by atoms with Gasteiger partial charge in [-0.3, -0.25) is 4.90 Å². The number of halogens is 2. The van der Waals surface area contributed by atoms with Gasteiger partial charge in [0.25, 0.3) is 0 Å². The van der Waals surface area contributed by atoms with E-state index in [0.717, 1.165) is 24.3 Å². The molecule has 1 aliphatic rings. The summed E-state index contributed by atoms with van der Waals surface area (Å²) in [6.07, 6.45) is 13.6. The van der Waals surface area contributed by atoms with E-state index < -0.39 is 0 Å². The molecule has 6 heteroatoms. The number of carbonyl (C=O) groups excluding carboxylic acids is 1. The fraction of sp³-hybridized carbons (Fsp3) is 0.400. The third-order valence-electron chi connectivity index (χ3n) is 5.14. The van der Waals surface area contributed by atoms with Crippen molar-refractivity contribution in [2.75, 3.05) is 20.1 Å². The molecular weight excluding hydrogens is 429 g/mol. The molecule has 4 nitrogen and oxygen atoms in total. The Morgan fingerprint density at radius 3 is 2.55 bits per heavy atom. The number of hydrogen-bond acceptors (Lipinski definition) is 4. The molecular formula is C25H35Cl2N3O. The first-order chi connectivity index (χ1) is 14.8. The average Bonchev–Trinajstić information content (AvgIpc) is 3.20. The van der Waals surface area contributed by atoms with Crippen molar-refractivity contribution in [2.24, 2.45) is 11.7 Å². The van der Waals surface area contributed by atoms with Crippen molar-refractivity contribution < 1.29 is 4.79 Å². The molecule has 0 saturated heterocycles. The number of likely N-dealkylation sites (N-methyl/N-ethyl adjacent to an activating group) is 1. The minimum absolute atomic E-state index is 0.0743. The van der Waals surface area contributed by atoms with Gasteiger partial charge in [-0.2, -0.15) is 0 Å². The molecule has 170 valence electrons. The van der Waals surface area contributed by atoms with Gasteiger partial charge < -0.3 is 15.4 Å². The second-order valence-corrected chi connectivity index (χ2v) is 8.42. The Hall–Kier alpha value is -1.85. The number of carbonyl (C=O) groups is 1. The first-order valence-corrected chi connectivity index (χ1v) is 11.3. The molecule has 1 aliphatic heterocycles. The van der Waals surface area contributed by atoms with Gasteiger partial charge >= 0.3 is 0 Å². The molecule has 0 aromatic heterocycles. The molecule has 0 amide bonds. The SMILES string of the molecule is C=C/C(Cl)=C\C=C\CN1C=CC(N(C)CCC)C1C(N)C(C)C=O.Clc1ccccc1. The van der Waals surface area contributed by atoms with Crippen LogP contribution in [0, 0.1) is 5.92 Å². The third-order valence-corrected chi connectivity index (χ3v) is 5.68. The molecule has 2 N–H and O–H groups in total. The van der Waals surface area contributed by atoms with E-state index in [1.807, 2.05) is 49.4 Å². The zero-order valence-electron chi connectivity index (χ0n) is 18.7. The zero-order chi connectivity index (χ0) is 23.2.